The van der Waals surface area contributed by atoms with Gasteiger partial charge in [-0.15, -0.1) is 0 Å². The molecule has 1 amide bonds. The molecule has 6 nitrogen and oxygen atoms in total. The molecule has 0 atom stereocenters. The number of carbonyl (C=O) groups is 1. The van der Waals surface area contributed by atoms with Gasteiger partial charge in [-0.1, -0.05) is 18.2 Å². The van der Waals surface area contributed by atoms with Crippen molar-refractivity contribution in [3.05, 3.63) is 53.6 Å². The number of carbonyl (C=O) groups excluding carboxylic acids is 1. The maximum absolute atomic E-state index is 11.5. The van der Waals surface area contributed by atoms with Crippen LogP contribution in [0, 0.1) is 6.92 Å². The van der Waals surface area contributed by atoms with Crippen molar-refractivity contribution in [2.75, 3.05) is 0 Å². The van der Waals surface area contributed by atoms with Gasteiger partial charge in [-0.3, -0.25) is 14.9 Å². The highest BCUT2D eigenvalue weighted by Gasteiger charge is 2.15. The maximum atomic E-state index is 11.5. The molecule has 3 N–H and O–H groups in total. The number of hydrogen-bond donors (Lipinski definition) is 2. The minimum Gasteiger partial charge on any atom is -0.454 e. The second-order valence-corrected chi connectivity index (χ2v) is 4.56. The normalized spacial score (nSPS) is 10.9. The highest BCUT2D eigenvalue weighted by molar-refractivity contribution is 5.92. The maximum Gasteiger partial charge on any atom is 0.301 e. The molecule has 0 saturated carbocycles. The number of amides is 1. The summed E-state index contributed by atoms with van der Waals surface area (Å²) in [4.78, 5) is 11.5. The molecule has 0 saturated heterocycles. The molecule has 0 fully saturated rings. The van der Waals surface area contributed by atoms with Gasteiger partial charge in [0.1, 0.15) is 5.76 Å². The van der Waals surface area contributed by atoms with Crippen LogP contribution < -0.4 is 11.3 Å². The summed E-state index contributed by atoms with van der Waals surface area (Å²) in [5.74, 6) is 5.58. The summed E-state index contributed by atoms with van der Waals surface area (Å²) >= 11 is 0. The lowest BCUT2D eigenvalue weighted by molar-refractivity contribution is 0.0923. The third kappa shape index (κ3) is 2.06. The molecule has 0 unspecified atom stereocenters. The van der Waals surface area contributed by atoms with E-state index in [2.05, 4.69) is 10.5 Å². The highest BCUT2D eigenvalue weighted by Crippen LogP contribution is 2.18. The Morgan fingerprint density at radius 2 is 2.25 bits per heavy atom. The lowest BCUT2D eigenvalue weighted by Gasteiger charge is -2.00. The van der Waals surface area contributed by atoms with Crippen molar-refractivity contribution in [1.82, 2.24) is 15.2 Å². The zero-order valence-electron chi connectivity index (χ0n) is 11.0. The number of aryl methyl sites for hydroxylation is 1. The molecule has 2 aromatic heterocycles. The van der Waals surface area contributed by atoms with E-state index in [1.165, 1.54) is 0 Å². The zero-order valence-corrected chi connectivity index (χ0v) is 11.0. The SMILES string of the molecule is Cc1cc(Cn2ncc3ccccc32)oc1C(=O)NN. The van der Waals surface area contributed by atoms with E-state index in [0.717, 1.165) is 16.5 Å². The third-order valence-corrected chi connectivity index (χ3v) is 3.16. The largest absolute Gasteiger partial charge is 0.454 e. The first-order valence-corrected chi connectivity index (χ1v) is 6.20. The van der Waals surface area contributed by atoms with Gasteiger partial charge in [0.2, 0.25) is 0 Å². The van der Waals surface area contributed by atoms with Crippen LogP contribution in [0.25, 0.3) is 10.9 Å². The number of fused-ring (bicyclic) bond motifs is 1. The van der Waals surface area contributed by atoms with Crippen molar-refractivity contribution < 1.29 is 9.21 Å². The van der Waals surface area contributed by atoms with Gasteiger partial charge < -0.3 is 4.42 Å². The Morgan fingerprint density at radius 3 is 3.05 bits per heavy atom. The first-order valence-electron chi connectivity index (χ1n) is 6.20. The molecule has 0 spiro atoms. The summed E-state index contributed by atoms with van der Waals surface area (Å²) in [6.07, 6.45) is 1.80. The summed E-state index contributed by atoms with van der Waals surface area (Å²) in [5, 5.41) is 5.39. The first-order chi connectivity index (χ1) is 9.69. The van der Waals surface area contributed by atoms with E-state index >= 15 is 0 Å². The van der Waals surface area contributed by atoms with Gasteiger partial charge in [0.05, 0.1) is 18.3 Å². The van der Waals surface area contributed by atoms with Gasteiger partial charge in [-0.25, -0.2) is 5.84 Å². The van der Waals surface area contributed by atoms with Crippen molar-refractivity contribution in [3.63, 3.8) is 0 Å². The minimum absolute atomic E-state index is 0.235. The van der Waals surface area contributed by atoms with Gasteiger partial charge >= 0.3 is 5.91 Å². The molecule has 1 aromatic carbocycles. The van der Waals surface area contributed by atoms with Crippen molar-refractivity contribution in [2.24, 2.45) is 5.84 Å². The lowest BCUT2D eigenvalue weighted by atomic mass is 10.2. The number of nitrogen functional groups attached to an aromatic ring is 1. The predicted octanol–water partition coefficient (Wildman–Crippen LogP) is 1.59. The van der Waals surface area contributed by atoms with Crippen LogP contribution in [0.4, 0.5) is 0 Å². The average Bonchev–Trinajstić information content (AvgIpc) is 3.03. The van der Waals surface area contributed by atoms with E-state index in [1.807, 2.05) is 35.0 Å². The van der Waals surface area contributed by atoms with E-state index in [4.69, 9.17) is 10.3 Å². The molecule has 3 aromatic rings. The summed E-state index contributed by atoms with van der Waals surface area (Å²) in [6.45, 7) is 2.27. The topological polar surface area (TPSA) is 86.1 Å². The van der Waals surface area contributed by atoms with Gasteiger partial charge in [-0.2, -0.15) is 5.10 Å². The Morgan fingerprint density at radius 1 is 1.45 bits per heavy atom. The Bertz CT molecular complexity index is 772. The van der Waals surface area contributed by atoms with Crippen LogP contribution in [0.5, 0.6) is 0 Å². The van der Waals surface area contributed by atoms with Crippen molar-refractivity contribution in [1.29, 1.82) is 0 Å². The zero-order chi connectivity index (χ0) is 14.1. The van der Waals surface area contributed by atoms with Gasteiger partial charge in [0.15, 0.2) is 5.76 Å². The molecule has 20 heavy (non-hydrogen) atoms. The number of furan rings is 1. The van der Waals surface area contributed by atoms with Crippen LogP contribution in [0.1, 0.15) is 21.9 Å². The van der Waals surface area contributed by atoms with Crippen molar-refractivity contribution in [2.45, 2.75) is 13.5 Å². The van der Waals surface area contributed by atoms with Crippen LogP contribution in [-0.2, 0) is 6.54 Å². The molecule has 0 aliphatic carbocycles. The van der Waals surface area contributed by atoms with Crippen LogP contribution >= 0.6 is 0 Å². The fourth-order valence-electron chi connectivity index (χ4n) is 2.22. The lowest BCUT2D eigenvalue weighted by Crippen LogP contribution is -2.30. The molecule has 3 rings (SSSR count). The van der Waals surface area contributed by atoms with E-state index in [0.29, 0.717) is 12.3 Å². The number of nitrogens with one attached hydrogen (secondary N) is 1. The number of hydrazine groups is 1. The van der Waals surface area contributed by atoms with Crippen LogP contribution in [0.15, 0.2) is 40.9 Å². The van der Waals surface area contributed by atoms with E-state index in [9.17, 15) is 4.79 Å². The Kier molecular flexibility index (Phi) is 3.00. The molecular formula is C14H14N4O2. The Labute approximate surface area is 115 Å². The molecule has 0 aliphatic heterocycles. The van der Waals surface area contributed by atoms with E-state index < -0.39 is 5.91 Å². The molecule has 0 aliphatic rings. The van der Waals surface area contributed by atoms with Gasteiger partial charge in [0.25, 0.3) is 0 Å². The third-order valence-electron chi connectivity index (χ3n) is 3.16. The number of benzene rings is 1. The molecule has 2 heterocycles. The molecule has 102 valence electrons. The second-order valence-electron chi connectivity index (χ2n) is 4.56. The van der Waals surface area contributed by atoms with E-state index in [1.54, 1.807) is 13.1 Å². The monoisotopic (exact) mass is 270 g/mol. The number of aromatic nitrogens is 2. The molecular weight excluding hydrogens is 256 g/mol. The molecule has 0 radical (unpaired) electrons. The smallest absolute Gasteiger partial charge is 0.301 e. The number of para-hydroxylation sites is 1. The molecule has 0 bridgehead atoms. The average molecular weight is 270 g/mol. The predicted molar refractivity (Wildman–Crippen MR) is 73.9 cm³/mol. The van der Waals surface area contributed by atoms with Crippen molar-refractivity contribution >= 4 is 16.8 Å². The van der Waals surface area contributed by atoms with Crippen LogP contribution in [0.3, 0.4) is 0 Å². The summed E-state index contributed by atoms with van der Waals surface area (Å²) < 4.78 is 7.37. The van der Waals surface area contributed by atoms with Crippen molar-refractivity contribution in [3.8, 4) is 0 Å². The Hall–Kier alpha value is -2.60. The number of nitrogens with two attached hydrogens (primary N) is 1. The van der Waals surface area contributed by atoms with Crippen LogP contribution in [0.2, 0.25) is 0 Å². The van der Waals surface area contributed by atoms with E-state index in [-0.39, 0.29) is 5.76 Å². The highest BCUT2D eigenvalue weighted by atomic mass is 16.4. The number of rotatable bonds is 3. The fraction of sp³-hybridized carbons (Fsp3) is 0.143. The first kappa shape index (κ1) is 12.4. The fourth-order valence-corrected chi connectivity index (χ4v) is 2.22. The van der Waals surface area contributed by atoms with Gasteiger partial charge in [0, 0.05) is 10.9 Å². The Balaban J connectivity index is 1.93. The second kappa shape index (κ2) is 4.82. The molecule has 6 heteroatoms. The minimum atomic E-state index is -0.431. The van der Waals surface area contributed by atoms with Gasteiger partial charge in [-0.05, 0) is 19.1 Å². The summed E-state index contributed by atoms with van der Waals surface area (Å²) in [5.41, 5.74) is 3.84. The number of hydrogen-bond acceptors (Lipinski definition) is 4. The quantitative estimate of drug-likeness (QED) is 0.430. The van der Waals surface area contributed by atoms with Crippen LogP contribution in [-0.4, -0.2) is 15.7 Å². The summed E-state index contributed by atoms with van der Waals surface area (Å²) in [7, 11) is 0. The number of nitrogens with zero attached hydrogens (tertiary/aromatic N) is 2. The summed E-state index contributed by atoms with van der Waals surface area (Å²) in [6, 6.07) is 9.74. The standard InChI is InChI=1S/C14H14N4O2/c1-9-6-11(20-13(9)14(19)17-15)8-18-12-5-3-2-4-10(12)7-16-18/h2-7H,8,15H2,1H3,(H,17,19).